The topological polar surface area (TPSA) is 65.1 Å². The summed E-state index contributed by atoms with van der Waals surface area (Å²) < 4.78 is 5.77. The summed E-state index contributed by atoms with van der Waals surface area (Å²) in [5.41, 5.74) is 1.16. The number of amides is 2. The van der Waals surface area contributed by atoms with E-state index in [1.54, 1.807) is 0 Å². The summed E-state index contributed by atoms with van der Waals surface area (Å²) in [5, 5.41) is 3.30. The van der Waals surface area contributed by atoms with Gasteiger partial charge in [-0.1, -0.05) is 12.1 Å². The van der Waals surface area contributed by atoms with Crippen LogP contribution in [0.5, 0.6) is 5.75 Å². The van der Waals surface area contributed by atoms with E-state index in [1.807, 2.05) is 19.1 Å². The summed E-state index contributed by atoms with van der Waals surface area (Å²) in [4.78, 5) is 30.9. The number of nitrogens with one attached hydrogen (secondary N) is 1. The summed E-state index contributed by atoms with van der Waals surface area (Å²) in [6.45, 7) is 8.00. The Balaban J connectivity index is 0.00000256. The van der Waals surface area contributed by atoms with Gasteiger partial charge in [0.1, 0.15) is 5.75 Å². The maximum absolute atomic E-state index is 12.5. The number of benzene rings is 1. The number of anilines is 1. The van der Waals surface area contributed by atoms with E-state index in [0.717, 1.165) is 63.4 Å². The Morgan fingerprint density at radius 3 is 2.50 bits per heavy atom. The first-order chi connectivity index (χ1) is 14.2. The number of ether oxygens (including phenoxy) is 1. The lowest BCUT2D eigenvalue weighted by atomic mass is 10.2. The third-order valence-corrected chi connectivity index (χ3v) is 5.99. The molecular weight excluding hydrogens is 404 g/mol. The van der Waals surface area contributed by atoms with Crippen molar-refractivity contribution in [3.05, 3.63) is 24.3 Å². The number of nitrogens with zero attached hydrogens (tertiary/aromatic N) is 3. The normalized spacial score (nSPS) is 22.4. The second kappa shape index (κ2) is 10.5. The van der Waals surface area contributed by atoms with Crippen molar-refractivity contribution in [3.8, 4) is 5.75 Å². The molecule has 2 amide bonds. The number of hydrogen-bond donors (Lipinski definition) is 1. The van der Waals surface area contributed by atoms with Gasteiger partial charge in [-0.05, 0) is 44.9 Å². The Morgan fingerprint density at radius 2 is 1.80 bits per heavy atom. The van der Waals surface area contributed by atoms with Crippen molar-refractivity contribution in [2.24, 2.45) is 0 Å². The van der Waals surface area contributed by atoms with Crippen LogP contribution < -0.4 is 15.0 Å². The molecule has 0 aromatic heterocycles. The highest BCUT2D eigenvalue weighted by Gasteiger charge is 2.40. The Morgan fingerprint density at radius 1 is 1.07 bits per heavy atom. The number of rotatable bonds is 9. The molecule has 7 nitrogen and oxygen atoms in total. The van der Waals surface area contributed by atoms with Crippen LogP contribution in [0.25, 0.3) is 0 Å². The lowest BCUT2D eigenvalue weighted by molar-refractivity contribution is -0.138. The van der Waals surface area contributed by atoms with Crippen molar-refractivity contribution in [2.45, 2.75) is 44.7 Å². The monoisotopic (exact) mass is 436 g/mol. The fraction of sp³-hybridized carbons (Fsp3) is 0.636. The molecule has 1 saturated carbocycles. The SMILES string of the molecule is CCOc1ccccc1N1CCN(CCCN2C(=O)CC(NC3CC3)C2=O)CC1.Cl. The fourth-order valence-corrected chi connectivity index (χ4v) is 4.24. The lowest BCUT2D eigenvalue weighted by Gasteiger charge is -2.36. The standard InChI is InChI=1S/C22H32N4O3.ClH/c1-2-29-20-7-4-3-6-19(20)25-14-12-24(13-15-25)10-5-11-26-21(27)16-18(22(26)28)23-17-8-9-17;/h3-4,6-7,17-18,23H,2,5,8-16H2,1H3;1H. The van der Waals surface area contributed by atoms with Crippen LogP contribution in [0.1, 0.15) is 32.6 Å². The van der Waals surface area contributed by atoms with E-state index in [9.17, 15) is 9.59 Å². The quantitative estimate of drug-likeness (QED) is 0.596. The summed E-state index contributed by atoms with van der Waals surface area (Å²) in [7, 11) is 0. The summed E-state index contributed by atoms with van der Waals surface area (Å²) in [6.07, 6.45) is 3.41. The molecule has 30 heavy (non-hydrogen) atoms. The number of hydrogen-bond acceptors (Lipinski definition) is 6. The van der Waals surface area contributed by atoms with Crippen molar-refractivity contribution in [1.29, 1.82) is 0 Å². The minimum Gasteiger partial charge on any atom is -0.492 e. The third kappa shape index (κ3) is 5.45. The van der Waals surface area contributed by atoms with Gasteiger partial charge in [-0.15, -0.1) is 12.4 Å². The van der Waals surface area contributed by atoms with Crippen molar-refractivity contribution < 1.29 is 14.3 Å². The zero-order valence-electron chi connectivity index (χ0n) is 17.7. The minimum absolute atomic E-state index is 0. The van der Waals surface area contributed by atoms with Crippen LogP contribution in [0, 0.1) is 0 Å². The number of likely N-dealkylation sites (tertiary alicyclic amines) is 1. The largest absolute Gasteiger partial charge is 0.492 e. The van der Waals surface area contributed by atoms with Crippen LogP contribution in [0.15, 0.2) is 24.3 Å². The predicted molar refractivity (Wildman–Crippen MR) is 119 cm³/mol. The van der Waals surface area contributed by atoms with Gasteiger partial charge in [-0.3, -0.25) is 19.4 Å². The zero-order valence-corrected chi connectivity index (χ0v) is 18.5. The van der Waals surface area contributed by atoms with Crippen LogP contribution in [-0.2, 0) is 9.59 Å². The molecule has 1 aromatic carbocycles. The Hall–Kier alpha value is -1.83. The van der Waals surface area contributed by atoms with E-state index in [2.05, 4.69) is 27.2 Å². The molecule has 2 aliphatic heterocycles. The first-order valence-corrected chi connectivity index (χ1v) is 10.9. The zero-order chi connectivity index (χ0) is 20.2. The average Bonchev–Trinajstić information content (AvgIpc) is 3.51. The molecule has 1 unspecified atom stereocenters. The van der Waals surface area contributed by atoms with Crippen LogP contribution in [-0.4, -0.2) is 79.6 Å². The van der Waals surface area contributed by atoms with Crippen molar-refractivity contribution in [1.82, 2.24) is 15.1 Å². The second-order valence-electron chi connectivity index (χ2n) is 8.16. The number of imide groups is 1. The molecule has 2 heterocycles. The molecule has 0 radical (unpaired) electrons. The highest BCUT2D eigenvalue weighted by molar-refractivity contribution is 6.05. The Bertz CT molecular complexity index is 735. The first kappa shape index (κ1) is 22.8. The van der Waals surface area contributed by atoms with Gasteiger partial charge >= 0.3 is 0 Å². The molecule has 2 saturated heterocycles. The number of halogens is 1. The molecular formula is C22H33ClN4O3. The van der Waals surface area contributed by atoms with E-state index in [4.69, 9.17) is 4.74 Å². The van der Waals surface area contributed by atoms with E-state index in [1.165, 1.54) is 4.90 Å². The Labute approximate surface area is 185 Å². The van der Waals surface area contributed by atoms with Gasteiger partial charge < -0.3 is 15.0 Å². The average molecular weight is 437 g/mol. The van der Waals surface area contributed by atoms with Gasteiger partial charge in [0.15, 0.2) is 0 Å². The molecule has 1 aromatic rings. The van der Waals surface area contributed by atoms with Crippen LogP contribution in [0.2, 0.25) is 0 Å². The third-order valence-electron chi connectivity index (χ3n) is 5.99. The molecule has 8 heteroatoms. The molecule has 1 aliphatic carbocycles. The summed E-state index contributed by atoms with van der Waals surface area (Å²) in [6, 6.07) is 8.37. The van der Waals surface area contributed by atoms with Gasteiger partial charge in [-0.2, -0.15) is 0 Å². The molecule has 166 valence electrons. The molecule has 0 spiro atoms. The Kier molecular flexibility index (Phi) is 7.97. The molecule has 3 aliphatic rings. The molecule has 3 fully saturated rings. The highest BCUT2D eigenvalue weighted by Crippen LogP contribution is 2.29. The van der Waals surface area contributed by atoms with Gasteiger partial charge in [0.05, 0.1) is 24.8 Å². The smallest absolute Gasteiger partial charge is 0.246 e. The van der Waals surface area contributed by atoms with Crippen LogP contribution in [0.4, 0.5) is 5.69 Å². The van der Waals surface area contributed by atoms with Crippen LogP contribution in [0.3, 0.4) is 0 Å². The number of carbonyl (C=O) groups excluding carboxylic acids is 2. The molecule has 1 atom stereocenters. The second-order valence-corrected chi connectivity index (χ2v) is 8.16. The highest BCUT2D eigenvalue weighted by atomic mass is 35.5. The lowest BCUT2D eigenvalue weighted by Crippen LogP contribution is -2.47. The minimum atomic E-state index is -0.288. The van der Waals surface area contributed by atoms with Gasteiger partial charge in [-0.25, -0.2) is 0 Å². The molecule has 4 rings (SSSR count). The van der Waals surface area contributed by atoms with E-state index < -0.39 is 0 Å². The summed E-state index contributed by atoms with van der Waals surface area (Å²) in [5.74, 6) is 0.897. The predicted octanol–water partition coefficient (Wildman–Crippen LogP) is 1.90. The number of carbonyl (C=O) groups is 2. The molecule has 1 N–H and O–H groups in total. The first-order valence-electron chi connectivity index (χ1n) is 10.9. The fourth-order valence-electron chi connectivity index (χ4n) is 4.24. The van der Waals surface area contributed by atoms with Crippen LogP contribution >= 0.6 is 12.4 Å². The van der Waals surface area contributed by atoms with Gasteiger partial charge in [0.25, 0.3) is 0 Å². The number of piperazine rings is 1. The summed E-state index contributed by atoms with van der Waals surface area (Å²) >= 11 is 0. The van der Waals surface area contributed by atoms with Gasteiger partial charge in [0, 0.05) is 38.8 Å². The van der Waals surface area contributed by atoms with Crippen molar-refractivity contribution >= 4 is 29.9 Å². The van der Waals surface area contributed by atoms with E-state index in [0.29, 0.717) is 25.6 Å². The van der Waals surface area contributed by atoms with E-state index >= 15 is 0 Å². The van der Waals surface area contributed by atoms with Crippen molar-refractivity contribution in [3.63, 3.8) is 0 Å². The van der Waals surface area contributed by atoms with Crippen molar-refractivity contribution in [2.75, 3.05) is 50.8 Å². The maximum atomic E-state index is 12.5. The number of para-hydroxylation sites is 2. The maximum Gasteiger partial charge on any atom is 0.246 e. The molecule has 0 bridgehead atoms. The van der Waals surface area contributed by atoms with E-state index in [-0.39, 0.29) is 30.3 Å². The van der Waals surface area contributed by atoms with Gasteiger partial charge in [0.2, 0.25) is 11.8 Å².